The summed E-state index contributed by atoms with van der Waals surface area (Å²) < 4.78 is 4.63. The topological polar surface area (TPSA) is 80.0 Å². The fourth-order valence-electron chi connectivity index (χ4n) is 1.40. The first-order valence-electron chi connectivity index (χ1n) is 5.70. The monoisotopic (exact) mass is 246 g/mol. The van der Waals surface area contributed by atoms with Gasteiger partial charge in [0.15, 0.2) is 0 Å². The number of hydrogen-bond acceptors (Lipinski definition) is 5. The lowest BCUT2D eigenvalue weighted by Gasteiger charge is -2.06. The van der Waals surface area contributed by atoms with Crippen molar-refractivity contribution in [3.63, 3.8) is 0 Å². The average Bonchev–Trinajstić information content (AvgIpc) is 2.89. The zero-order chi connectivity index (χ0) is 12.8. The van der Waals surface area contributed by atoms with E-state index in [9.17, 15) is 4.79 Å². The highest BCUT2D eigenvalue weighted by atomic mass is 16.5. The Hall–Kier alpha value is -2.37. The Kier molecular flexibility index (Phi) is 3.90. The van der Waals surface area contributed by atoms with E-state index < -0.39 is 0 Å². The lowest BCUT2D eigenvalue weighted by molar-refractivity contribution is 0.102. The summed E-state index contributed by atoms with van der Waals surface area (Å²) >= 11 is 0. The fraction of sp³-hybridized carbons (Fsp3) is 0.250. The molecule has 2 aromatic heterocycles. The highest BCUT2D eigenvalue weighted by Gasteiger charge is 2.09. The molecule has 2 aromatic rings. The summed E-state index contributed by atoms with van der Waals surface area (Å²) in [6.07, 6.45) is 5.40. The van der Waals surface area contributed by atoms with Gasteiger partial charge in [-0.2, -0.15) is 0 Å². The molecular weight excluding hydrogens is 232 g/mol. The van der Waals surface area contributed by atoms with Crippen molar-refractivity contribution >= 4 is 17.3 Å². The molecule has 0 radical (unpaired) electrons. The van der Waals surface area contributed by atoms with Crippen molar-refractivity contribution in [3.8, 4) is 0 Å². The molecule has 0 unspecified atom stereocenters. The first-order valence-corrected chi connectivity index (χ1v) is 5.70. The highest BCUT2D eigenvalue weighted by molar-refractivity contribution is 6.03. The Morgan fingerprint density at radius 1 is 1.44 bits per heavy atom. The van der Waals surface area contributed by atoms with Crippen LogP contribution in [0.15, 0.2) is 35.3 Å². The molecule has 0 saturated carbocycles. The molecule has 0 atom stereocenters. The molecule has 0 saturated heterocycles. The van der Waals surface area contributed by atoms with Crippen LogP contribution >= 0.6 is 0 Å². The van der Waals surface area contributed by atoms with E-state index >= 15 is 0 Å². The molecule has 0 aromatic carbocycles. The second kappa shape index (κ2) is 5.81. The molecule has 0 aliphatic heterocycles. The summed E-state index contributed by atoms with van der Waals surface area (Å²) in [4.78, 5) is 15.9. The number of rotatable bonds is 5. The largest absolute Gasteiger partial charge is 0.385 e. The Morgan fingerprint density at radius 2 is 2.33 bits per heavy atom. The summed E-state index contributed by atoms with van der Waals surface area (Å²) in [6.45, 7) is 2.93. The van der Waals surface area contributed by atoms with Crippen LogP contribution in [-0.4, -0.2) is 22.6 Å². The van der Waals surface area contributed by atoms with Gasteiger partial charge in [-0.05, 0) is 18.6 Å². The number of aromatic nitrogens is 2. The molecule has 2 N–H and O–H groups in total. The average molecular weight is 246 g/mol. The van der Waals surface area contributed by atoms with E-state index in [2.05, 4.69) is 32.2 Å². The van der Waals surface area contributed by atoms with Gasteiger partial charge in [0.2, 0.25) is 0 Å². The Labute approximate surface area is 104 Å². The summed E-state index contributed by atoms with van der Waals surface area (Å²) in [7, 11) is 0. The van der Waals surface area contributed by atoms with Crippen molar-refractivity contribution in [1.82, 2.24) is 10.1 Å². The molecule has 2 rings (SSSR count). The zero-order valence-corrected chi connectivity index (χ0v) is 10.0. The Balaban J connectivity index is 2.05. The minimum absolute atomic E-state index is 0.293. The molecule has 18 heavy (non-hydrogen) atoms. The molecule has 0 spiro atoms. The highest BCUT2D eigenvalue weighted by Crippen LogP contribution is 2.10. The van der Waals surface area contributed by atoms with Gasteiger partial charge in [0.05, 0.1) is 6.20 Å². The van der Waals surface area contributed by atoms with E-state index in [0.29, 0.717) is 11.4 Å². The minimum atomic E-state index is -0.293. The predicted octanol–water partition coefficient (Wildman–Crippen LogP) is 2.14. The molecule has 6 nitrogen and oxygen atoms in total. The first-order chi connectivity index (χ1) is 8.79. The van der Waals surface area contributed by atoms with Crippen LogP contribution in [0.5, 0.6) is 0 Å². The van der Waals surface area contributed by atoms with Gasteiger partial charge in [-0.3, -0.25) is 9.78 Å². The lowest BCUT2D eigenvalue weighted by Crippen LogP contribution is -2.13. The van der Waals surface area contributed by atoms with E-state index in [1.54, 1.807) is 12.3 Å². The maximum Gasteiger partial charge on any atom is 0.274 e. The number of nitrogens with zero attached hydrogens (tertiary/aromatic N) is 2. The van der Waals surface area contributed by atoms with Crippen molar-refractivity contribution in [1.29, 1.82) is 0 Å². The van der Waals surface area contributed by atoms with E-state index in [4.69, 9.17) is 0 Å². The van der Waals surface area contributed by atoms with Crippen LogP contribution in [0.1, 0.15) is 23.8 Å². The number of carbonyl (C=O) groups excluding carboxylic acids is 1. The Bertz CT molecular complexity index is 511. The number of amides is 1. The van der Waals surface area contributed by atoms with Crippen molar-refractivity contribution in [2.24, 2.45) is 0 Å². The third-order valence-corrected chi connectivity index (χ3v) is 2.26. The van der Waals surface area contributed by atoms with Gasteiger partial charge in [-0.25, -0.2) is 0 Å². The number of anilines is 2. The number of hydrogen-bond donors (Lipinski definition) is 2. The number of carbonyl (C=O) groups is 1. The van der Waals surface area contributed by atoms with Crippen LogP contribution in [0.4, 0.5) is 11.4 Å². The number of pyridine rings is 1. The minimum Gasteiger partial charge on any atom is -0.385 e. The van der Waals surface area contributed by atoms with Crippen molar-refractivity contribution in [3.05, 3.63) is 36.5 Å². The normalized spacial score (nSPS) is 10.1. The summed E-state index contributed by atoms with van der Waals surface area (Å²) in [5.74, 6) is -0.293. The molecule has 0 bridgehead atoms. The standard InChI is InChI=1S/C12H14N4O2/c1-2-4-13-9-3-5-14-11(6-9)12(17)16-10-7-15-18-8-10/h3,5-8H,2,4H2,1H3,(H,13,14)(H,16,17). The van der Waals surface area contributed by atoms with Crippen LogP contribution in [0.3, 0.4) is 0 Å². The maximum atomic E-state index is 11.9. The third kappa shape index (κ3) is 3.07. The van der Waals surface area contributed by atoms with Crippen molar-refractivity contribution in [2.45, 2.75) is 13.3 Å². The molecular formula is C12H14N4O2. The third-order valence-electron chi connectivity index (χ3n) is 2.26. The zero-order valence-electron chi connectivity index (χ0n) is 10.0. The van der Waals surface area contributed by atoms with Crippen LogP contribution in [0.2, 0.25) is 0 Å². The van der Waals surface area contributed by atoms with Gasteiger partial charge in [-0.15, -0.1) is 0 Å². The molecule has 0 aliphatic carbocycles. The van der Waals surface area contributed by atoms with E-state index in [0.717, 1.165) is 18.7 Å². The van der Waals surface area contributed by atoms with E-state index in [1.807, 2.05) is 6.07 Å². The maximum absolute atomic E-state index is 11.9. The lowest BCUT2D eigenvalue weighted by atomic mass is 10.3. The van der Waals surface area contributed by atoms with Gasteiger partial charge >= 0.3 is 0 Å². The van der Waals surface area contributed by atoms with Gasteiger partial charge in [0.25, 0.3) is 5.91 Å². The van der Waals surface area contributed by atoms with Crippen LogP contribution in [-0.2, 0) is 0 Å². The van der Waals surface area contributed by atoms with Gasteiger partial charge < -0.3 is 15.2 Å². The second-order valence-corrected chi connectivity index (χ2v) is 3.72. The van der Waals surface area contributed by atoms with Crippen LogP contribution in [0.25, 0.3) is 0 Å². The summed E-state index contributed by atoms with van der Waals surface area (Å²) in [5, 5.41) is 9.34. The second-order valence-electron chi connectivity index (χ2n) is 3.72. The van der Waals surface area contributed by atoms with Crippen LogP contribution in [0, 0.1) is 0 Å². The fourth-order valence-corrected chi connectivity index (χ4v) is 1.40. The van der Waals surface area contributed by atoms with Crippen molar-refractivity contribution in [2.75, 3.05) is 17.2 Å². The Morgan fingerprint density at radius 3 is 3.06 bits per heavy atom. The van der Waals surface area contributed by atoms with E-state index in [1.165, 1.54) is 12.5 Å². The SMILES string of the molecule is CCCNc1ccnc(C(=O)Nc2cnoc2)c1. The number of nitrogens with one attached hydrogen (secondary N) is 2. The molecule has 94 valence electrons. The first kappa shape index (κ1) is 12.1. The molecule has 0 fully saturated rings. The predicted molar refractivity (Wildman–Crippen MR) is 67.5 cm³/mol. The molecule has 6 heteroatoms. The molecule has 2 heterocycles. The van der Waals surface area contributed by atoms with E-state index in [-0.39, 0.29) is 5.91 Å². The van der Waals surface area contributed by atoms with Crippen LogP contribution < -0.4 is 10.6 Å². The van der Waals surface area contributed by atoms with Crippen molar-refractivity contribution < 1.29 is 9.32 Å². The smallest absolute Gasteiger partial charge is 0.274 e. The molecule has 1 amide bonds. The molecule has 0 aliphatic rings. The summed E-state index contributed by atoms with van der Waals surface area (Å²) in [6, 6.07) is 3.53. The van der Waals surface area contributed by atoms with Gasteiger partial charge in [0, 0.05) is 18.4 Å². The summed E-state index contributed by atoms with van der Waals surface area (Å²) in [5.41, 5.74) is 1.73. The quantitative estimate of drug-likeness (QED) is 0.844. The van der Waals surface area contributed by atoms with Gasteiger partial charge in [-0.1, -0.05) is 12.1 Å². The van der Waals surface area contributed by atoms with Gasteiger partial charge in [0.1, 0.15) is 17.6 Å².